The van der Waals surface area contributed by atoms with Gasteiger partial charge in [0.05, 0.1) is 18.5 Å². The lowest BCUT2D eigenvalue weighted by atomic mass is 10.1. The van der Waals surface area contributed by atoms with Crippen molar-refractivity contribution in [1.82, 2.24) is 4.98 Å². The van der Waals surface area contributed by atoms with Gasteiger partial charge in [-0.15, -0.1) is 0 Å². The first-order chi connectivity index (χ1) is 13.7. The van der Waals surface area contributed by atoms with Crippen molar-refractivity contribution in [3.05, 3.63) is 42.6 Å². The van der Waals surface area contributed by atoms with Crippen LogP contribution in [0.25, 0.3) is 11.3 Å². The molecule has 2 aromatic rings. The van der Waals surface area contributed by atoms with Gasteiger partial charge in [-0.3, -0.25) is 4.98 Å². The molecule has 0 aliphatic rings. The molecule has 0 saturated heterocycles. The van der Waals surface area contributed by atoms with Crippen LogP contribution in [0.15, 0.2) is 42.6 Å². The molecule has 1 unspecified atom stereocenters. The normalized spacial score (nSPS) is 12.0. The fourth-order valence-electron chi connectivity index (χ4n) is 3.00. The van der Waals surface area contributed by atoms with Crippen LogP contribution in [0.1, 0.15) is 65.2 Å². The first-order valence-corrected chi connectivity index (χ1v) is 10.6. The summed E-state index contributed by atoms with van der Waals surface area (Å²) in [5.41, 5.74) is 1.88. The van der Waals surface area contributed by atoms with E-state index in [0.29, 0.717) is 5.75 Å². The summed E-state index contributed by atoms with van der Waals surface area (Å²) in [6, 6.07) is 11.7. The Morgan fingerprint density at radius 2 is 1.46 bits per heavy atom. The maximum absolute atomic E-state index is 12.8. The molecule has 0 amide bonds. The molecule has 1 aromatic heterocycles. The number of aromatic nitrogens is 1. The molecule has 0 aliphatic carbocycles. The number of rotatable bonds is 14. The number of alkyl halides is 1. The summed E-state index contributed by atoms with van der Waals surface area (Å²) < 4.78 is 24.0. The van der Waals surface area contributed by atoms with Gasteiger partial charge in [0.25, 0.3) is 0 Å². The Morgan fingerprint density at radius 1 is 0.821 bits per heavy atom. The zero-order chi connectivity index (χ0) is 20.0. The lowest BCUT2D eigenvalue weighted by molar-refractivity contribution is 0.209. The first kappa shape index (κ1) is 22.2. The molecule has 28 heavy (non-hydrogen) atoms. The maximum atomic E-state index is 12.8. The van der Waals surface area contributed by atoms with E-state index in [4.69, 9.17) is 9.47 Å². The summed E-state index contributed by atoms with van der Waals surface area (Å²) in [4.78, 5) is 4.39. The minimum absolute atomic E-state index is 0.0475. The van der Waals surface area contributed by atoms with Crippen LogP contribution in [-0.2, 0) is 0 Å². The lowest BCUT2D eigenvalue weighted by Crippen LogP contribution is -2.08. The van der Waals surface area contributed by atoms with Gasteiger partial charge < -0.3 is 9.47 Å². The van der Waals surface area contributed by atoms with E-state index in [1.807, 2.05) is 36.4 Å². The first-order valence-electron chi connectivity index (χ1n) is 10.6. The molecule has 0 spiro atoms. The van der Waals surface area contributed by atoms with Gasteiger partial charge in [0.1, 0.15) is 24.3 Å². The molecular weight excluding hydrogens is 353 g/mol. The number of nitrogens with zero attached hydrogens (tertiary/aromatic N) is 1. The molecule has 1 aromatic carbocycles. The molecule has 0 aliphatic heterocycles. The van der Waals surface area contributed by atoms with E-state index >= 15 is 0 Å². The molecule has 1 atom stereocenters. The zero-order valence-corrected chi connectivity index (χ0v) is 17.3. The number of pyridine rings is 1. The molecule has 0 fully saturated rings. The molecule has 0 saturated carbocycles. The predicted octanol–water partition coefficient (Wildman–Crippen LogP) is 7.00. The van der Waals surface area contributed by atoms with Crippen molar-refractivity contribution < 1.29 is 13.9 Å². The van der Waals surface area contributed by atoms with Crippen LogP contribution in [0.5, 0.6) is 11.5 Å². The van der Waals surface area contributed by atoms with Gasteiger partial charge in [0.2, 0.25) is 0 Å². The molecule has 4 heteroatoms. The molecule has 0 bridgehead atoms. The summed E-state index contributed by atoms with van der Waals surface area (Å²) in [5.74, 6) is 1.47. The van der Waals surface area contributed by atoms with Crippen LogP contribution in [0.3, 0.4) is 0 Å². The number of hydrogen-bond acceptors (Lipinski definition) is 3. The Bertz CT molecular complexity index is 641. The highest BCUT2D eigenvalue weighted by molar-refractivity contribution is 5.60. The fourth-order valence-corrected chi connectivity index (χ4v) is 3.00. The average molecular weight is 388 g/mol. The van der Waals surface area contributed by atoms with E-state index in [2.05, 4.69) is 11.9 Å². The minimum atomic E-state index is -0.988. The third-order valence-corrected chi connectivity index (χ3v) is 4.63. The van der Waals surface area contributed by atoms with E-state index in [0.717, 1.165) is 30.0 Å². The van der Waals surface area contributed by atoms with Crippen LogP contribution in [0.2, 0.25) is 0 Å². The van der Waals surface area contributed by atoms with Crippen molar-refractivity contribution in [2.45, 2.75) is 71.4 Å². The summed E-state index contributed by atoms with van der Waals surface area (Å²) >= 11 is 0. The topological polar surface area (TPSA) is 31.4 Å². The quantitative estimate of drug-likeness (QED) is 0.327. The average Bonchev–Trinajstić information content (AvgIpc) is 2.72. The summed E-state index contributed by atoms with van der Waals surface area (Å²) in [5, 5.41) is 0. The van der Waals surface area contributed by atoms with Gasteiger partial charge in [0, 0.05) is 5.56 Å². The van der Waals surface area contributed by atoms with Crippen molar-refractivity contribution in [1.29, 1.82) is 0 Å². The molecule has 3 nitrogen and oxygen atoms in total. The molecule has 154 valence electrons. The Kier molecular flexibility index (Phi) is 10.4. The SMILES string of the molecule is CCCCCCCCCCOc1ccc(-c2ccc(OCC(C)F)cn2)cc1. The second kappa shape index (κ2) is 13.1. The van der Waals surface area contributed by atoms with Crippen LogP contribution < -0.4 is 9.47 Å². The Labute approximate surface area is 169 Å². The maximum Gasteiger partial charge on any atom is 0.137 e. The van der Waals surface area contributed by atoms with Crippen LogP contribution >= 0.6 is 0 Å². The van der Waals surface area contributed by atoms with Gasteiger partial charge in [-0.05, 0) is 49.7 Å². The number of hydrogen-bond donors (Lipinski definition) is 0. The van der Waals surface area contributed by atoms with Crippen LogP contribution in [-0.4, -0.2) is 24.4 Å². The van der Waals surface area contributed by atoms with E-state index in [1.165, 1.54) is 51.9 Å². The van der Waals surface area contributed by atoms with E-state index in [9.17, 15) is 4.39 Å². The molecule has 1 heterocycles. The smallest absolute Gasteiger partial charge is 0.137 e. The predicted molar refractivity (Wildman–Crippen MR) is 114 cm³/mol. The third-order valence-electron chi connectivity index (χ3n) is 4.63. The summed E-state index contributed by atoms with van der Waals surface area (Å²) in [7, 11) is 0. The molecule has 2 rings (SSSR count). The standard InChI is InChI=1S/C24H34FNO2/c1-3-4-5-6-7-8-9-10-17-27-22-13-11-21(12-14-22)24-16-15-23(18-26-24)28-19-20(2)25/h11-16,18,20H,3-10,17,19H2,1-2H3. The number of ether oxygens (including phenoxy) is 2. The Morgan fingerprint density at radius 3 is 2.07 bits per heavy atom. The highest BCUT2D eigenvalue weighted by Gasteiger charge is 2.03. The number of halogens is 1. The fraction of sp³-hybridized carbons (Fsp3) is 0.542. The largest absolute Gasteiger partial charge is 0.494 e. The minimum Gasteiger partial charge on any atom is -0.494 e. The van der Waals surface area contributed by atoms with Gasteiger partial charge >= 0.3 is 0 Å². The van der Waals surface area contributed by atoms with Gasteiger partial charge in [0.15, 0.2) is 0 Å². The Hall–Kier alpha value is -2.10. The zero-order valence-electron chi connectivity index (χ0n) is 17.3. The second-order valence-corrected chi connectivity index (χ2v) is 7.32. The van der Waals surface area contributed by atoms with Crippen molar-refractivity contribution in [3.63, 3.8) is 0 Å². The van der Waals surface area contributed by atoms with Crippen molar-refractivity contribution in [2.75, 3.05) is 13.2 Å². The molecular formula is C24H34FNO2. The van der Waals surface area contributed by atoms with Gasteiger partial charge in [-0.25, -0.2) is 4.39 Å². The van der Waals surface area contributed by atoms with Gasteiger partial charge in [-0.1, -0.05) is 51.9 Å². The summed E-state index contributed by atoms with van der Waals surface area (Å²) in [6.07, 6.45) is 11.1. The van der Waals surface area contributed by atoms with E-state index in [1.54, 1.807) is 6.20 Å². The number of benzene rings is 1. The number of unbranched alkanes of at least 4 members (excludes halogenated alkanes) is 7. The third kappa shape index (κ3) is 8.73. The van der Waals surface area contributed by atoms with E-state index < -0.39 is 6.17 Å². The molecule has 0 radical (unpaired) electrons. The van der Waals surface area contributed by atoms with Crippen LogP contribution in [0.4, 0.5) is 4.39 Å². The second-order valence-electron chi connectivity index (χ2n) is 7.32. The highest BCUT2D eigenvalue weighted by Crippen LogP contribution is 2.22. The van der Waals surface area contributed by atoms with Crippen molar-refractivity contribution >= 4 is 0 Å². The van der Waals surface area contributed by atoms with Crippen molar-refractivity contribution in [3.8, 4) is 22.8 Å². The highest BCUT2D eigenvalue weighted by atomic mass is 19.1. The van der Waals surface area contributed by atoms with Gasteiger partial charge in [-0.2, -0.15) is 0 Å². The molecule has 0 N–H and O–H groups in total. The van der Waals surface area contributed by atoms with Crippen LogP contribution in [0, 0.1) is 0 Å². The van der Waals surface area contributed by atoms with Crippen molar-refractivity contribution in [2.24, 2.45) is 0 Å². The summed E-state index contributed by atoms with van der Waals surface area (Å²) in [6.45, 7) is 4.54. The lowest BCUT2D eigenvalue weighted by Gasteiger charge is -2.09. The Balaban J connectivity index is 1.67. The van der Waals surface area contributed by atoms with E-state index in [-0.39, 0.29) is 6.61 Å². The monoisotopic (exact) mass is 387 g/mol.